The van der Waals surface area contributed by atoms with Crippen LogP contribution in [-0.4, -0.2) is 54.5 Å². The third kappa shape index (κ3) is 3.23. The smallest absolute Gasteiger partial charge is 0.332 e. The number of piperidine rings is 1. The fraction of sp³-hybridized carbons (Fsp3) is 0.611. The van der Waals surface area contributed by atoms with Crippen molar-refractivity contribution in [3.8, 4) is 0 Å². The van der Waals surface area contributed by atoms with Crippen LogP contribution in [0.1, 0.15) is 25.7 Å². The van der Waals surface area contributed by atoms with E-state index in [1.165, 1.54) is 22.5 Å². The lowest BCUT2D eigenvalue weighted by molar-refractivity contribution is -0.136. The number of imidazole rings is 1. The van der Waals surface area contributed by atoms with Crippen molar-refractivity contribution >= 4 is 23.0 Å². The second-order valence-corrected chi connectivity index (χ2v) is 7.72. The van der Waals surface area contributed by atoms with Crippen molar-refractivity contribution in [3.63, 3.8) is 0 Å². The van der Waals surface area contributed by atoms with Gasteiger partial charge in [0.05, 0.1) is 12.2 Å². The zero-order valence-electron chi connectivity index (χ0n) is 16.1. The van der Waals surface area contributed by atoms with Crippen molar-refractivity contribution in [3.05, 3.63) is 27.2 Å². The lowest BCUT2D eigenvalue weighted by atomic mass is 9.97. The van der Waals surface area contributed by atoms with Gasteiger partial charge in [0.15, 0.2) is 11.2 Å². The monoisotopic (exact) mass is 388 g/mol. The standard InChI is InChI=1S/C18H24N6O4/c1-21-10-19-15-14(21)17(27)24(18(28)22(15)2)9-13(25)23-7-3-4-11(8-23)16(26)20-12-5-6-12/h10-12H,3-9H2,1-2H3,(H,20,26). The Labute approximate surface area is 160 Å². The van der Waals surface area contributed by atoms with Gasteiger partial charge >= 0.3 is 5.69 Å². The predicted molar refractivity (Wildman–Crippen MR) is 101 cm³/mol. The van der Waals surface area contributed by atoms with Crippen molar-refractivity contribution in [1.29, 1.82) is 0 Å². The van der Waals surface area contributed by atoms with E-state index in [1.807, 2.05) is 0 Å². The first-order valence-electron chi connectivity index (χ1n) is 9.56. The van der Waals surface area contributed by atoms with Crippen LogP contribution in [0.25, 0.3) is 11.2 Å². The average molecular weight is 388 g/mol. The van der Waals surface area contributed by atoms with Gasteiger partial charge in [-0.25, -0.2) is 14.3 Å². The quantitative estimate of drug-likeness (QED) is 0.719. The fourth-order valence-corrected chi connectivity index (χ4v) is 3.74. The summed E-state index contributed by atoms with van der Waals surface area (Å²) in [5.41, 5.74) is -0.553. The number of amides is 2. The molecule has 1 saturated heterocycles. The Bertz CT molecular complexity index is 1060. The number of carbonyl (C=O) groups is 2. The summed E-state index contributed by atoms with van der Waals surface area (Å²) in [5, 5.41) is 2.99. The normalized spacial score (nSPS) is 19.8. The van der Waals surface area contributed by atoms with Crippen LogP contribution in [0.15, 0.2) is 15.9 Å². The maximum Gasteiger partial charge on any atom is 0.332 e. The molecule has 1 atom stereocenters. The van der Waals surface area contributed by atoms with Gasteiger partial charge in [-0.3, -0.25) is 19.0 Å². The Morgan fingerprint density at radius 2 is 1.96 bits per heavy atom. The summed E-state index contributed by atoms with van der Waals surface area (Å²) in [6.45, 7) is 0.499. The van der Waals surface area contributed by atoms with Crippen LogP contribution in [-0.2, 0) is 30.2 Å². The molecule has 10 heteroatoms. The number of hydrogen-bond donors (Lipinski definition) is 1. The van der Waals surface area contributed by atoms with E-state index in [-0.39, 0.29) is 41.5 Å². The molecule has 4 rings (SSSR count). The Morgan fingerprint density at radius 1 is 1.21 bits per heavy atom. The number of likely N-dealkylation sites (tertiary alicyclic amines) is 1. The number of hydrogen-bond acceptors (Lipinski definition) is 5. The summed E-state index contributed by atoms with van der Waals surface area (Å²) in [5.74, 6) is -0.577. The van der Waals surface area contributed by atoms with Crippen molar-refractivity contribution in [2.24, 2.45) is 20.0 Å². The number of carbonyl (C=O) groups excluding carboxylic acids is 2. The van der Waals surface area contributed by atoms with Crippen LogP contribution in [0, 0.1) is 5.92 Å². The van der Waals surface area contributed by atoms with Crippen LogP contribution in [0.4, 0.5) is 0 Å². The van der Waals surface area contributed by atoms with Gasteiger partial charge in [-0.1, -0.05) is 0 Å². The van der Waals surface area contributed by atoms with Crippen molar-refractivity contribution < 1.29 is 9.59 Å². The molecule has 2 aromatic rings. The highest BCUT2D eigenvalue weighted by atomic mass is 16.2. The minimum absolute atomic E-state index is 0.00983. The molecule has 0 radical (unpaired) electrons. The lowest BCUT2D eigenvalue weighted by Crippen LogP contribution is -2.49. The molecular formula is C18H24N6O4. The summed E-state index contributed by atoms with van der Waals surface area (Å²) in [6, 6.07) is 0.283. The van der Waals surface area contributed by atoms with Crippen molar-refractivity contribution in [2.45, 2.75) is 38.3 Å². The van der Waals surface area contributed by atoms with Gasteiger partial charge in [0.1, 0.15) is 6.54 Å². The van der Waals surface area contributed by atoms with Gasteiger partial charge in [-0.05, 0) is 25.7 Å². The number of fused-ring (bicyclic) bond motifs is 1. The molecule has 0 aromatic carbocycles. The Balaban J connectivity index is 1.55. The van der Waals surface area contributed by atoms with Crippen molar-refractivity contribution in [1.82, 2.24) is 28.9 Å². The molecule has 2 fully saturated rings. The summed E-state index contributed by atoms with van der Waals surface area (Å²) < 4.78 is 3.75. The van der Waals surface area contributed by atoms with Gasteiger partial charge in [0.2, 0.25) is 11.8 Å². The summed E-state index contributed by atoms with van der Waals surface area (Å²) in [4.78, 5) is 56.1. The largest absolute Gasteiger partial charge is 0.353 e. The average Bonchev–Trinajstić information content (AvgIpc) is 3.42. The Hall–Kier alpha value is -2.91. The SMILES string of the molecule is Cn1cnc2c1c(=O)n(CC(=O)N1CCCC(C(=O)NC3CC3)C1)c(=O)n2C. The number of nitrogens with zero attached hydrogens (tertiary/aromatic N) is 5. The van der Waals surface area contributed by atoms with E-state index in [4.69, 9.17) is 0 Å². The van der Waals surface area contributed by atoms with E-state index in [0.717, 1.165) is 30.3 Å². The van der Waals surface area contributed by atoms with Crippen LogP contribution < -0.4 is 16.6 Å². The van der Waals surface area contributed by atoms with E-state index < -0.39 is 11.2 Å². The second kappa shape index (κ2) is 6.92. The highest BCUT2D eigenvalue weighted by molar-refractivity contribution is 5.82. The van der Waals surface area contributed by atoms with Gasteiger partial charge in [-0.15, -0.1) is 0 Å². The molecule has 0 spiro atoms. The van der Waals surface area contributed by atoms with Gasteiger partial charge in [0.25, 0.3) is 5.56 Å². The molecule has 0 bridgehead atoms. The molecule has 10 nitrogen and oxygen atoms in total. The molecule has 1 aliphatic carbocycles. The molecular weight excluding hydrogens is 364 g/mol. The molecule has 1 unspecified atom stereocenters. The molecule has 1 N–H and O–H groups in total. The maximum atomic E-state index is 12.8. The highest BCUT2D eigenvalue weighted by Gasteiger charge is 2.32. The zero-order chi connectivity index (χ0) is 20.0. The van der Waals surface area contributed by atoms with Crippen LogP contribution in [0.3, 0.4) is 0 Å². The van der Waals surface area contributed by atoms with Gasteiger partial charge in [0, 0.05) is 33.2 Å². The number of rotatable bonds is 4. The minimum atomic E-state index is -0.579. The molecule has 150 valence electrons. The topological polar surface area (TPSA) is 111 Å². The second-order valence-electron chi connectivity index (χ2n) is 7.72. The number of aryl methyl sites for hydroxylation is 2. The van der Waals surface area contributed by atoms with Crippen LogP contribution >= 0.6 is 0 Å². The Kier molecular flexibility index (Phi) is 4.56. The van der Waals surface area contributed by atoms with E-state index in [9.17, 15) is 19.2 Å². The first-order valence-corrected chi connectivity index (χ1v) is 9.56. The van der Waals surface area contributed by atoms with Crippen molar-refractivity contribution in [2.75, 3.05) is 13.1 Å². The van der Waals surface area contributed by atoms with E-state index in [1.54, 1.807) is 11.9 Å². The predicted octanol–water partition coefficient (Wildman–Crippen LogP) is -1.05. The molecule has 1 aliphatic heterocycles. The zero-order valence-corrected chi connectivity index (χ0v) is 16.1. The van der Waals surface area contributed by atoms with E-state index in [0.29, 0.717) is 13.1 Å². The first kappa shape index (κ1) is 18.5. The third-order valence-electron chi connectivity index (χ3n) is 5.56. The highest BCUT2D eigenvalue weighted by Crippen LogP contribution is 2.22. The molecule has 1 saturated carbocycles. The van der Waals surface area contributed by atoms with Gasteiger partial charge in [-0.2, -0.15) is 0 Å². The summed E-state index contributed by atoms with van der Waals surface area (Å²) >= 11 is 0. The maximum absolute atomic E-state index is 12.8. The van der Waals surface area contributed by atoms with Crippen LogP contribution in [0.5, 0.6) is 0 Å². The number of aromatic nitrogens is 4. The van der Waals surface area contributed by atoms with Gasteiger partial charge < -0.3 is 14.8 Å². The molecule has 28 heavy (non-hydrogen) atoms. The van der Waals surface area contributed by atoms with E-state index in [2.05, 4.69) is 10.3 Å². The molecule has 3 heterocycles. The number of nitrogens with one attached hydrogen (secondary N) is 1. The molecule has 2 aromatic heterocycles. The lowest BCUT2D eigenvalue weighted by Gasteiger charge is -2.32. The molecule has 2 aliphatic rings. The molecule has 2 amide bonds. The summed E-state index contributed by atoms with van der Waals surface area (Å²) in [6.07, 6.45) is 4.96. The van der Waals surface area contributed by atoms with E-state index >= 15 is 0 Å². The Morgan fingerprint density at radius 3 is 2.68 bits per heavy atom. The minimum Gasteiger partial charge on any atom is -0.353 e. The fourth-order valence-electron chi connectivity index (χ4n) is 3.74. The third-order valence-corrected chi connectivity index (χ3v) is 5.56. The van der Waals surface area contributed by atoms with Crippen LogP contribution in [0.2, 0.25) is 0 Å². The summed E-state index contributed by atoms with van der Waals surface area (Å²) in [7, 11) is 3.19. The first-order chi connectivity index (χ1) is 13.4.